The number of hydrogen-bond acceptors (Lipinski definition) is 3. The van der Waals surface area contributed by atoms with E-state index >= 15 is 0 Å². The number of nitrogens with zero attached hydrogens (tertiary/aromatic N) is 3. The van der Waals surface area contributed by atoms with Gasteiger partial charge in [-0.05, 0) is 49.4 Å². The maximum atomic E-state index is 13.3. The van der Waals surface area contributed by atoms with E-state index in [1.165, 1.54) is 4.90 Å². The Hall–Kier alpha value is -4.45. The van der Waals surface area contributed by atoms with Gasteiger partial charge in [0.05, 0.1) is 16.6 Å². The third-order valence-electron chi connectivity index (χ3n) is 5.37. The van der Waals surface area contributed by atoms with Gasteiger partial charge in [0.25, 0.3) is 5.56 Å². The van der Waals surface area contributed by atoms with Crippen LogP contribution in [0.4, 0.5) is 0 Å². The van der Waals surface area contributed by atoms with Gasteiger partial charge in [-0.25, -0.2) is 4.98 Å². The number of aryl methyl sites for hydroxylation is 1. The van der Waals surface area contributed by atoms with Gasteiger partial charge < -0.3 is 9.88 Å². The minimum Gasteiger partial charge on any atom is -0.358 e. The maximum Gasteiger partial charge on any atom is 0.266 e. The number of aromatic nitrogens is 3. The summed E-state index contributed by atoms with van der Waals surface area (Å²) in [6.07, 6.45) is 4.70. The summed E-state index contributed by atoms with van der Waals surface area (Å²) < 4.78 is 1.67. The maximum absolute atomic E-state index is 13.3. The summed E-state index contributed by atoms with van der Waals surface area (Å²) in [4.78, 5) is 32.3. The van der Waals surface area contributed by atoms with Gasteiger partial charge in [-0.15, -0.1) is 0 Å². The first-order chi connectivity index (χ1) is 16.5. The highest BCUT2D eigenvalue weighted by atomic mass is 16.1. The van der Waals surface area contributed by atoms with Gasteiger partial charge in [0.2, 0.25) is 6.41 Å². The van der Waals surface area contributed by atoms with Crippen LogP contribution in [-0.4, -0.2) is 39.9 Å². The predicted molar refractivity (Wildman–Crippen MR) is 139 cm³/mol. The number of carbonyl (C=O) groups is 1. The Morgan fingerprint density at radius 2 is 1.47 bits per heavy atom. The second-order valence-corrected chi connectivity index (χ2v) is 8.07. The zero-order chi connectivity index (χ0) is 24.1. The van der Waals surface area contributed by atoms with Crippen molar-refractivity contribution in [2.24, 2.45) is 0 Å². The average molecular weight is 451 g/mol. The molecule has 0 atom stereocenters. The van der Waals surface area contributed by atoms with E-state index in [1.807, 2.05) is 78.9 Å². The van der Waals surface area contributed by atoms with Crippen molar-refractivity contribution in [2.45, 2.75) is 6.92 Å². The average Bonchev–Trinajstić information content (AvgIpc) is 3.18. The molecule has 0 aliphatic heterocycles. The lowest BCUT2D eigenvalue weighted by molar-refractivity contribution is -0.115. The number of nitrogens with one attached hydrogen (secondary N) is 1. The SMILES string of the molecule is CN(C)C=O.Cc1[nH]c2ccccc2c1/C=C/c1nc2ccccc2c(=O)n1-c1ccccc1. The summed E-state index contributed by atoms with van der Waals surface area (Å²) in [5, 5.41) is 1.76. The lowest BCUT2D eigenvalue weighted by Crippen LogP contribution is -2.22. The number of hydrogen-bond donors (Lipinski definition) is 1. The van der Waals surface area contributed by atoms with Gasteiger partial charge in [0, 0.05) is 36.3 Å². The molecule has 6 nitrogen and oxygen atoms in total. The summed E-state index contributed by atoms with van der Waals surface area (Å²) in [6.45, 7) is 2.05. The van der Waals surface area contributed by atoms with Crippen LogP contribution in [0.25, 0.3) is 39.6 Å². The number of carbonyl (C=O) groups excluding carboxylic acids is 1. The summed E-state index contributed by atoms with van der Waals surface area (Å²) in [5.74, 6) is 0.601. The van der Waals surface area contributed by atoms with Crippen molar-refractivity contribution in [2.75, 3.05) is 14.1 Å². The molecule has 0 bridgehead atoms. The first-order valence-electron chi connectivity index (χ1n) is 10.9. The van der Waals surface area contributed by atoms with E-state index in [2.05, 4.69) is 24.0 Å². The van der Waals surface area contributed by atoms with Gasteiger partial charge in [0.15, 0.2) is 0 Å². The van der Waals surface area contributed by atoms with E-state index in [-0.39, 0.29) is 5.56 Å². The van der Waals surface area contributed by atoms with Crippen molar-refractivity contribution in [3.05, 3.63) is 106 Å². The fourth-order valence-corrected chi connectivity index (χ4v) is 3.76. The first-order valence-corrected chi connectivity index (χ1v) is 10.9. The van der Waals surface area contributed by atoms with Gasteiger partial charge in [-0.1, -0.05) is 48.5 Å². The molecule has 0 aliphatic carbocycles. The number of amides is 1. The molecule has 34 heavy (non-hydrogen) atoms. The standard InChI is InChI=1S/C25H19N3O.C3H7NO/c1-17-19(20-11-5-7-13-22(20)26-17)15-16-24-27-23-14-8-6-12-21(23)25(29)28(24)18-9-3-2-4-10-18;1-4(2)3-5/h2-16,26H,1H3;3H,1-2H3/b16-15+;. The third-order valence-corrected chi connectivity index (χ3v) is 5.37. The second kappa shape index (κ2) is 10.0. The molecule has 0 unspecified atom stereocenters. The van der Waals surface area contributed by atoms with E-state index < -0.39 is 0 Å². The monoisotopic (exact) mass is 450 g/mol. The Bertz CT molecular complexity index is 1530. The number of para-hydroxylation sites is 3. The van der Waals surface area contributed by atoms with Crippen LogP contribution in [-0.2, 0) is 4.79 Å². The Labute approximate surface area is 197 Å². The molecule has 3 aromatic carbocycles. The number of aromatic amines is 1. The van der Waals surface area contributed by atoms with E-state index in [4.69, 9.17) is 4.98 Å². The van der Waals surface area contributed by atoms with E-state index in [0.717, 1.165) is 34.3 Å². The summed E-state index contributed by atoms with van der Waals surface area (Å²) in [6, 6.07) is 25.3. The first kappa shape index (κ1) is 22.7. The number of rotatable bonds is 4. The molecule has 2 aromatic heterocycles. The minimum atomic E-state index is -0.0721. The van der Waals surface area contributed by atoms with Crippen molar-refractivity contribution >= 4 is 40.4 Å². The quantitative estimate of drug-likeness (QED) is 0.390. The Balaban J connectivity index is 0.000000499. The normalized spacial score (nSPS) is 10.9. The van der Waals surface area contributed by atoms with Crippen molar-refractivity contribution in [3.63, 3.8) is 0 Å². The minimum absolute atomic E-state index is 0.0721. The van der Waals surface area contributed by atoms with Crippen molar-refractivity contribution in [1.82, 2.24) is 19.4 Å². The van der Waals surface area contributed by atoms with Crippen LogP contribution in [0.2, 0.25) is 0 Å². The van der Waals surface area contributed by atoms with Crippen LogP contribution in [0.15, 0.2) is 83.7 Å². The number of fused-ring (bicyclic) bond motifs is 2. The van der Waals surface area contributed by atoms with Crippen LogP contribution in [0.5, 0.6) is 0 Å². The van der Waals surface area contributed by atoms with Crippen molar-refractivity contribution in [1.29, 1.82) is 0 Å². The fraction of sp³-hybridized carbons (Fsp3) is 0.107. The number of H-pyrrole nitrogens is 1. The van der Waals surface area contributed by atoms with E-state index in [0.29, 0.717) is 16.7 Å². The van der Waals surface area contributed by atoms with Gasteiger partial charge in [0.1, 0.15) is 5.82 Å². The molecule has 0 radical (unpaired) electrons. The van der Waals surface area contributed by atoms with Crippen LogP contribution in [0.3, 0.4) is 0 Å². The molecule has 170 valence electrons. The number of benzene rings is 3. The topological polar surface area (TPSA) is 71.0 Å². The van der Waals surface area contributed by atoms with Gasteiger partial charge in [-0.2, -0.15) is 0 Å². The molecule has 5 rings (SSSR count). The van der Waals surface area contributed by atoms with E-state index in [9.17, 15) is 9.59 Å². The van der Waals surface area contributed by atoms with Crippen molar-refractivity contribution < 1.29 is 4.79 Å². The molecule has 0 aliphatic rings. The lowest BCUT2D eigenvalue weighted by atomic mass is 10.1. The highest BCUT2D eigenvalue weighted by Gasteiger charge is 2.11. The lowest BCUT2D eigenvalue weighted by Gasteiger charge is -2.11. The molecule has 1 N–H and O–H groups in total. The molecule has 6 heteroatoms. The third kappa shape index (κ3) is 4.66. The molecule has 1 amide bonds. The Morgan fingerprint density at radius 1 is 0.853 bits per heavy atom. The highest BCUT2D eigenvalue weighted by molar-refractivity contribution is 5.93. The summed E-state index contributed by atoms with van der Waals surface area (Å²) in [5.41, 5.74) is 4.69. The second-order valence-electron chi connectivity index (χ2n) is 8.07. The van der Waals surface area contributed by atoms with Crippen LogP contribution in [0, 0.1) is 6.92 Å². The molecule has 2 heterocycles. The Kier molecular flexibility index (Phi) is 6.69. The van der Waals surface area contributed by atoms with Crippen LogP contribution < -0.4 is 5.56 Å². The summed E-state index contributed by atoms with van der Waals surface area (Å²) in [7, 11) is 3.38. The molecule has 0 saturated carbocycles. The molecular formula is C28H26N4O2. The molecule has 0 spiro atoms. The Morgan fingerprint density at radius 3 is 2.18 bits per heavy atom. The molecule has 5 aromatic rings. The van der Waals surface area contributed by atoms with Crippen LogP contribution >= 0.6 is 0 Å². The highest BCUT2D eigenvalue weighted by Crippen LogP contribution is 2.24. The largest absolute Gasteiger partial charge is 0.358 e. The van der Waals surface area contributed by atoms with E-state index in [1.54, 1.807) is 18.7 Å². The summed E-state index contributed by atoms with van der Waals surface area (Å²) >= 11 is 0. The zero-order valence-corrected chi connectivity index (χ0v) is 19.4. The molecule has 0 saturated heterocycles. The van der Waals surface area contributed by atoms with Crippen LogP contribution in [0.1, 0.15) is 17.1 Å². The fourth-order valence-electron chi connectivity index (χ4n) is 3.76. The predicted octanol–water partition coefficient (Wildman–Crippen LogP) is 5.05. The zero-order valence-electron chi connectivity index (χ0n) is 19.4. The van der Waals surface area contributed by atoms with Gasteiger partial charge >= 0.3 is 0 Å². The van der Waals surface area contributed by atoms with Gasteiger partial charge in [-0.3, -0.25) is 14.2 Å². The van der Waals surface area contributed by atoms with Crippen molar-refractivity contribution in [3.8, 4) is 5.69 Å². The smallest absolute Gasteiger partial charge is 0.266 e. The molecule has 0 fully saturated rings. The molecular weight excluding hydrogens is 424 g/mol.